The van der Waals surface area contributed by atoms with Gasteiger partial charge in [0.2, 0.25) is 0 Å². The molecule has 2 nitrogen and oxygen atoms in total. The summed E-state index contributed by atoms with van der Waals surface area (Å²) in [5.74, 6) is 0.762. The van der Waals surface area contributed by atoms with Crippen LogP contribution in [0.15, 0.2) is 24.3 Å². The van der Waals surface area contributed by atoms with Crippen LogP contribution in [0.1, 0.15) is 38.2 Å². The lowest BCUT2D eigenvalue weighted by atomic mass is 9.86. The van der Waals surface area contributed by atoms with Crippen molar-refractivity contribution in [3.05, 3.63) is 29.8 Å². The third-order valence-electron chi connectivity index (χ3n) is 4.51. The molecule has 1 heterocycles. The van der Waals surface area contributed by atoms with Gasteiger partial charge in [0.25, 0.3) is 0 Å². The Morgan fingerprint density at radius 3 is 2.89 bits per heavy atom. The molecule has 0 bridgehead atoms. The van der Waals surface area contributed by atoms with Crippen LogP contribution in [0.25, 0.3) is 0 Å². The van der Waals surface area contributed by atoms with Crippen LogP contribution in [0.5, 0.6) is 0 Å². The Hall–Kier alpha value is -1.02. The lowest BCUT2D eigenvalue weighted by molar-refractivity contribution is 0.354. The number of hydrogen-bond donors (Lipinski definition) is 1. The van der Waals surface area contributed by atoms with Gasteiger partial charge in [-0.15, -0.1) is 0 Å². The van der Waals surface area contributed by atoms with Crippen molar-refractivity contribution >= 4 is 5.69 Å². The first kappa shape index (κ1) is 12.0. The second kappa shape index (κ2) is 4.93. The van der Waals surface area contributed by atoms with Gasteiger partial charge in [-0.25, -0.2) is 0 Å². The average molecular weight is 244 g/mol. The largest absolute Gasteiger partial charge is 0.368 e. The number of nitrogens with zero attached hydrogens (tertiary/aromatic N) is 1. The predicted molar refractivity (Wildman–Crippen MR) is 76.9 cm³/mol. The molecule has 3 atom stereocenters. The van der Waals surface area contributed by atoms with Gasteiger partial charge in [-0.05, 0) is 49.7 Å². The zero-order chi connectivity index (χ0) is 12.5. The summed E-state index contributed by atoms with van der Waals surface area (Å²) < 4.78 is 0. The second-order valence-corrected chi connectivity index (χ2v) is 6.17. The topological polar surface area (TPSA) is 29.3 Å². The van der Waals surface area contributed by atoms with Crippen molar-refractivity contribution < 1.29 is 0 Å². The van der Waals surface area contributed by atoms with E-state index >= 15 is 0 Å². The normalized spacial score (nSPS) is 32.1. The van der Waals surface area contributed by atoms with Crippen LogP contribution in [0.2, 0.25) is 0 Å². The molecule has 1 aliphatic carbocycles. The summed E-state index contributed by atoms with van der Waals surface area (Å²) in [6, 6.07) is 10.00. The summed E-state index contributed by atoms with van der Waals surface area (Å²) in [7, 11) is 0. The number of fused-ring (bicyclic) bond motifs is 1. The third-order valence-corrected chi connectivity index (χ3v) is 4.51. The smallest absolute Gasteiger partial charge is 0.0401 e. The van der Waals surface area contributed by atoms with E-state index < -0.39 is 0 Å². The fraction of sp³-hybridized carbons (Fsp3) is 0.625. The highest BCUT2D eigenvalue weighted by molar-refractivity contribution is 5.56. The van der Waals surface area contributed by atoms with Crippen molar-refractivity contribution in [2.24, 2.45) is 11.7 Å². The van der Waals surface area contributed by atoms with Gasteiger partial charge in [0, 0.05) is 24.3 Å². The maximum Gasteiger partial charge on any atom is 0.0401 e. The van der Waals surface area contributed by atoms with E-state index in [9.17, 15) is 0 Å². The molecule has 0 spiro atoms. The molecule has 18 heavy (non-hydrogen) atoms. The molecule has 0 aromatic heterocycles. The second-order valence-electron chi connectivity index (χ2n) is 6.17. The van der Waals surface area contributed by atoms with Crippen molar-refractivity contribution in [1.82, 2.24) is 0 Å². The molecule has 3 rings (SSSR count). The number of benzene rings is 1. The molecule has 2 heteroatoms. The first-order chi connectivity index (χ1) is 8.74. The molecule has 1 fully saturated rings. The Morgan fingerprint density at radius 1 is 1.22 bits per heavy atom. The SMILES string of the molecule is CC1Cc2ccccc2N(C2CCCC(N)C2)C1. The van der Waals surface area contributed by atoms with Crippen molar-refractivity contribution in [2.45, 2.75) is 51.1 Å². The molecule has 2 aliphatic rings. The van der Waals surface area contributed by atoms with Gasteiger partial charge < -0.3 is 10.6 Å². The molecule has 0 radical (unpaired) electrons. The standard InChI is InChI=1S/C16H24N2/c1-12-9-13-5-2-3-8-16(13)18(11-12)15-7-4-6-14(17)10-15/h2-3,5,8,12,14-15H,4,6-7,9-11,17H2,1H3. The number of para-hydroxylation sites is 1. The first-order valence-corrected chi connectivity index (χ1v) is 7.34. The summed E-state index contributed by atoms with van der Waals surface area (Å²) >= 11 is 0. The Kier molecular flexibility index (Phi) is 3.29. The molecule has 1 aliphatic heterocycles. The molecule has 3 unspecified atom stereocenters. The Morgan fingerprint density at radius 2 is 2.06 bits per heavy atom. The molecule has 0 amide bonds. The molecule has 1 saturated carbocycles. The van der Waals surface area contributed by atoms with E-state index in [1.165, 1.54) is 49.9 Å². The monoisotopic (exact) mass is 244 g/mol. The zero-order valence-corrected chi connectivity index (χ0v) is 11.3. The van der Waals surface area contributed by atoms with Crippen LogP contribution in [0.3, 0.4) is 0 Å². The summed E-state index contributed by atoms with van der Waals surface area (Å²) in [4.78, 5) is 2.64. The number of rotatable bonds is 1. The van der Waals surface area contributed by atoms with Crippen LogP contribution in [0, 0.1) is 5.92 Å². The highest BCUT2D eigenvalue weighted by Gasteiger charge is 2.30. The molecular formula is C16H24N2. The highest BCUT2D eigenvalue weighted by Crippen LogP contribution is 2.34. The minimum atomic E-state index is 0.410. The van der Waals surface area contributed by atoms with Crippen LogP contribution < -0.4 is 10.6 Å². The molecule has 2 N–H and O–H groups in total. The quantitative estimate of drug-likeness (QED) is 0.823. The maximum absolute atomic E-state index is 6.16. The van der Waals surface area contributed by atoms with Crippen molar-refractivity contribution in [1.29, 1.82) is 0 Å². The number of hydrogen-bond acceptors (Lipinski definition) is 2. The third kappa shape index (κ3) is 2.26. The predicted octanol–water partition coefficient (Wildman–Crippen LogP) is 2.96. The van der Waals surface area contributed by atoms with Gasteiger partial charge in [0.15, 0.2) is 0 Å². The minimum Gasteiger partial charge on any atom is -0.368 e. The van der Waals surface area contributed by atoms with Crippen molar-refractivity contribution in [3.63, 3.8) is 0 Å². The van der Waals surface area contributed by atoms with Gasteiger partial charge in [-0.3, -0.25) is 0 Å². The van der Waals surface area contributed by atoms with Crippen molar-refractivity contribution in [2.75, 3.05) is 11.4 Å². The van der Waals surface area contributed by atoms with E-state index in [2.05, 4.69) is 36.1 Å². The minimum absolute atomic E-state index is 0.410. The first-order valence-electron chi connectivity index (χ1n) is 7.34. The van der Waals surface area contributed by atoms with E-state index in [-0.39, 0.29) is 0 Å². The number of anilines is 1. The molecule has 0 saturated heterocycles. The van der Waals surface area contributed by atoms with Crippen LogP contribution in [-0.4, -0.2) is 18.6 Å². The lowest BCUT2D eigenvalue weighted by Gasteiger charge is -2.43. The van der Waals surface area contributed by atoms with Crippen LogP contribution >= 0.6 is 0 Å². The maximum atomic E-state index is 6.16. The Labute approximate surface area is 110 Å². The van der Waals surface area contributed by atoms with Crippen molar-refractivity contribution in [3.8, 4) is 0 Å². The van der Waals surface area contributed by atoms with Gasteiger partial charge >= 0.3 is 0 Å². The summed E-state index contributed by atoms with van der Waals surface area (Å²) in [5.41, 5.74) is 9.15. The van der Waals surface area contributed by atoms with Gasteiger partial charge in [-0.1, -0.05) is 25.1 Å². The fourth-order valence-electron chi connectivity index (χ4n) is 3.67. The molecule has 98 valence electrons. The van der Waals surface area contributed by atoms with Gasteiger partial charge in [0.1, 0.15) is 0 Å². The van der Waals surface area contributed by atoms with Gasteiger partial charge in [0.05, 0.1) is 0 Å². The fourth-order valence-corrected chi connectivity index (χ4v) is 3.67. The number of nitrogens with two attached hydrogens (primary N) is 1. The van der Waals surface area contributed by atoms with E-state index in [1.54, 1.807) is 0 Å². The highest BCUT2D eigenvalue weighted by atomic mass is 15.2. The zero-order valence-electron chi connectivity index (χ0n) is 11.3. The Balaban J connectivity index is 1.87. The Bertz CT molecular complexity index is 415. The molecular weight excluding hydrogens is 220 g/mol. The van der Waals surface area contributed by atoms with E-state index in [1.807, 2.05) is 0 Å². The van der Waals surface area contributed by atoms with Crippen LogP contribution in [0.4, 0.5) is 5.69 Å². The average Bonchev–Trinajstić information content (AvgIpc) is 2.37. The summed E-state index contributed by atoms with van der Waals surface area (Å²) in [6.45, 7) is 3.57. The van der Waals surface area contributed by atoms with Gasteiger partial charge in [-0.2, -0.15) is 0 Å². The van der Waals surface area contributed by atoms with Crippen LogP contribution in [-0.2, 0) is 6.42 Å². The van der Waals surface area contributed by atoms with E-state index in [0.717, 1.165) is 5.92 Å². The lowest BCUT2D eigenvalue weighted by Crippen LogP contribution is -2.46. The van der Waals surface area contributed by atoms with E-state index in [4.69, 9.17) is 5.73 Å². The molecule has 1 aromatic carbocycles. The summed E-state index contributed by atoms with van der Waals surface area (Å²) in [5, 5.41) is 0. The molecule has 1 aromatic rings. The van der Waals surface area contributed by atoms with E-state index in [0.29, 0.717) is 12.1 Å². The summed E-state index contributed by atoms with van der Waals surface area (Å²) in [6.07, 6.45) is 6.21.